The minimum atomic E-state index is -0.240. The second kappa shape index (κ2) is 6.05. The van der Waals surface area contributed by atoms with Gasteiger partial charge in [0.1, 0.15) is 6.10 Å². The summed E-state index contributed by atoms with van der Waals surface area (Å²) < 4.78 is 7.33. The van der Waals surface area contributed by atoms with Crippen LogP contribution in [0.2, 0.25) is 0 Å². The summed E-state index contributed by atoms with van der Waals surface area (Å²) in [5.74, 6) is 3.17. The number of carbonyl (C=O) groups is 1. The number of nitrogens with zero attached hydrogens (tertiary/aromatic N) is 4. The molecule has 3 aliphatic heterocycles. The van der Waals surface area contributed by atoms with Gasteiger partial charge in [-0.1, -0.05) is 17.3 Å². The van der Waals surface area contributed by atoms with Gasteiger partial charge in [-0.2, -0.15) is 11.8 Å². The number of carbonyl (C=O) groups excluding carboxylic acids is 1. The van der Waals surface area contributed by atoms with Crippen LogP contribution in [0, 0.1) is 0 Å². The van der Waals surface area contributed by atoms with Gasteiger partial charge in [-0.3, -0.25) is 4.90 Å². The Kier molecular flexibility index (Phi) is 3.69. The van der Waals surface area contributed by atoms with Crippen molar-refractivity contribution >= 4 is 23.5 Å². The molecule has 2 saturated heterocycles. The molecule has 2 atom stereocenters. The Morgan fingerprint density at radius 3 is 2.96 bits per heavy atom. The maximum atomic E-state index is 12.4. The van der Waals surface area contributed by atoms with Crippen LogP contribution in [0.4, 0.5) is 10.5 Å². The molecule has 6 nitrogen and oxygen atoms in total. The van der Waals surface area contributed by atoms with Gasteiger partial charge in [-0.25, -0.2) is 9.48 Å². The lowest BCUT2D eigenvalue weighted by molar-refractivity contribution is 0.117. The molecule has 1 aromatic carbocycles. The van der Waals surface area contributed by atoms with E-state index in [2.05, 4.69) is 40.3 Å². The SMILES string of the molecule is O=C1O[C@@H](Cn2ccnn2)[C@@H]2Cc3cc(C4CCSCC4)ccc3N12. The Balaban J connectivity index is 1.40. The highest BCUT2D eigenvalue weighted by molar-refractivity contribution is 7.99. The second-order valence-corrected chi connectivity index (χ2v) is 8.19. The molecule has 1 aromatic heterocycles. The van der Waals surface area contributed by atoms with Crippen molar-refractivity contribution in [1.82, 2.24) is 15.0 Å². The molecule has 0 N–H and O–H groups in total. The quantitative estimate of drug-likeness (QED) is 0.846. The second-order valence-electron chi connectivity index (χ2n) is 6.96. The van der Waals surface area contributed by atoms with E-state index in [1.54, 1.807) is 17.1 Å². The number of hydrogen-bond donors (Lipinski definition) is 0. The van der Waals surface area contributed by atoms with Crippen molar-refractivity contribution < 1.29 is 9.53 Å². The van der Waals surface area contributed by atoms with Crippen molar-refractivity contribution in [3.8, 4) is 0 Å². The van der Waals surface area contributed by atoms with Gasteiger partial charge in [0.05, 0.1) is 24.5 Å². The predicted octanol–water partition coefficient (Wildman–Crippen LogP) is 2.84. The van der Waals surface area contributed by atoms with Crippen molar-refractivity contribution in [2.45, 2.75) is 43.9 Å². The summed E-state index contributed by atoms with van der Waals surface area (Å²) in [6.07, 6.45) is 6.40. The smallest absolute Gasteiger partial charge is 0.415 e. The van der Waals surface area contributed by atoms with Gasteiger partial charge in [0.2, 0.25) is 0 Å². The summed E-state index contributed by atoms with van der Waals surface area (Å²) in [5, 5.41) is 7.83. The van der Waals surface area contributed by atoms with Crippen LogP contribution in [-0.2, 0) is 17.7 Å². The number of fused-ring (bicyclic) bond motifs is 3. The van der Waals surface area contributed by atoms with Crippen LogP contribution in [0.15, 0.2) is 30.6 Å². The van der Waals surface area contributed by atoms with Gasteiger partial charge < -0.3 is 4.74 Å². The standard InChI is InChI=1S/C18H20N4O2S/c23-18-22-15-2-1-13(12-3-7-25-8-4-12)9-14(15)10-16(22)17(24-18)11-21-6-5-19-20-21/h1-2,5-6,9,12,16-17H,3-4,7-8,10-11H2/t16-,17-/m0/s1. The summed E-state index contributed by atoms with van der Waals surface area (Å²) in [5.41, 5.74) is 3.73. The molecule has 2 fully saturated rings. The third kappa shape index (κ3) is 2.61. The zero-order chi connectivity index (χ0) is 16.8. The number of amides is 1. The average Bonchev–Trinajstić information content (AvgIpc) is 3.34. The Hall–Kier alpha value is -2.02. The maximum absolute atomic E-state index is 12.4. The molecule has 1 amide bonds. The van der Waals surface area contributed by atoms with Crippen molar-refractivity contribution in [3.63, 3.8) is 0 Å². The van der Waals surface area contributed by atoms with Crippen molar-refractivity contribution in [1.29, 1.82) is 0 Å². The summed E-state index contributed by atoms with van der Waals surface area (Å²) in [4.78, 5) is 14.2. The fraction of sp³-hybridized carbons (Fsp3) is 0.500. The molecular weight excluding hydrogens is 336 g/mol. The van der Waals surface area contributed by atoms with Gasteiger partial charge in [-0.05, 0) is 53.9 Å². The highest BCUT2D eigenvalue weighted by Gasteiger charge is 2.47. The van der Waals surface area contributed by atoms with Gasteiger partial charge in [0, 0.05) is 6.20 Å². The van der Waals surface area contributed by atoms with E-state index in [0.29, 0.717) is 12.5 Å². The molecule has 0 unspecified atom stereocenters. The topological polar surface area (TPSA) is 60.3 Å². The van der Waals surface area contributed by atoms with Gasteiger partial charge in [0.15, 0.2) is 0 Å². The molecule has 0 aliphatic carbocycles. The number of thioether (sulfide) groups is 1. The Bertz CT molecular complexity index is 788. The Labute approximate surface area is 150 Å². The molecule has 130 valence electrons. The lowest BCUT2D eigenvalue weighted by Gasteiger charge is -2.22. The highest BCUT2D eigenvalue weighted by Crippen LogP contribution is 2.41. The van der Waals surface area contributed by atoms with Crippen LogP contribution in [0.1, 0.15) is 29.9 Å². The molecular formula is C18H20N4O2S. The van der Waals surface area contributed by atoms with Crippen molar-refractivity contribution in [2.75, 3.05) is 16.4 Å². The first kappa shape index (κ1) is 15.3. The largest absolute Gasteiger partial charge is 0.442 e. The van der Waals surface area contributed by atoms with Crippen LogP contribution >= 0.6 is 11.8 Å². The molecule has 3 aliphatic rings. The monoisotopic (exact) mass is 356 g/mol. The number of hydrogen-bond acceptors (Lipinski definition) is 5. The lowest BCUT2D eigenvalue weighted by Crippen LogP contribution is -2.35. The minimum absolute atomic E-state index is 0.0591. The van der Waals surface area contributed by atoms with Crippen molar-refractivity contribution in [2.24, 2.45) is 0 Å². The summed E-state index contributed by atoms with van der Waals surface area (Å²) in [7, 11) is 0. The number of benzene rings is 1. The van der Waals surface area contributed by atoms with E-state index in [9.17, 15) is 4.79 Å². The fourth-order valence-corrected chi connectivity index (χ4v) is 5.36. The average molecular weight is 356 g/mol. The number of ether oxygens (including phenoxy) is 1. The number of cyclic esters (lactones) is 1. The van der Waals surface area contributed by atoms with E-state index in [-0.39, 0.29) is 18.2 Å². The molecule has 7 heteroatoms. The molecule has 0 spiro atoms. The highest BCUT2D eigenvalue weighted by atomic mass is 32.2. The molecule has 0 bridgehead atoms. The third-order valence-electron chi connectivity index (χ3n) is 5.53. The van der Waals surface area contributed by atoms with Crippen LogP contribution < -0.4 is 4.90 Å². The molecule has 2 aromatic rings. The zero-order valence-corrected chi connectivity index (χ0v) is 14.7. The first-order valence-electron chi connectivity index (χ1n) is 8.84. The minimum Gasteiger partial charge on any atom is -0.442 e. The summed E-state index contributed by atoms with van der Waals surface area (Å²) in [6, 6.07) is 6.71. The third-order valence-corrected chi connectivity index (χ3v) is 6.58. The number of anilines is 1. The van der Waals surface area contributed by atoms with E-state index >= 15 is 0 Å². The Morgan fingerprint density at radius 1 is 1.28 bits per heavy atom. The van der Waals surface area contributed by atoms with E-state index in [4.69, 9.17) is 4.74 Å². The van der Waals surface area contributed by atoms with Gasteiger partial charge in [-0.15, -0.1) is 5.10 Å². The van der Waals surface area contributed by atoms with Crippen LogP contribution in [0.25, 0.3) is 0 Å². The first-order chi connectivity index (χ1) is 12.3. The Morgan fingerprint density at radius 2 is 2.16 bits per heavy atom. The normalized spacial score (nSPS) is 25.8. The van der Waals surface area contributed by atoms with Gasteiger partial charge >= 0.3 is 6.09 Å². The van der Waals surface area contributed by atoms with Crippen LogP contribution in [-0.4, -0.2) is 44.7 Å². The molecule has 0 saturated carbocycles. The van der Waals surface area contributed by atoms with Crippen LogP contribution in [0.3, 0.4) is 0 Å². The van der Waals surface area contributed by atoms with Gasteiger partial charge in [0.25, 0.3) is 0 Å². The number of rotatable bonds is 3. The van der Waals surface area contributed by atoms with E-state index < -0.39 is 0 Å². The molecule has 25 heavy (non-hydrogen) atoms. The van der Waals surface area contributed by atoms with Crippen molar-refractivity contribution in [3.05, 3.63) is 41.7 Å². The summed E-state index contributed by atoms with van der Waals surface area (Å²) in [6.45, 7) is 0.549. The molecule has 4 heterocycles. The van der Waals surface area contributed by atoms with Crippen LogP contribution in [0.5, 0.6) is 0 Å². The molecule has 0 radical (unpaired) electrons. The predicted molar refractivity (Wildman–Crippen MR) is 96.0 cm³/mol. The first-order valence-corrected chi connectivity index (χ1v) is 9.99. The maximum Gasteiger partial charge on any atom is 0.415 e. The van der Waals surface area contributed by atoms with E-state index in [1.165, 1.54) is 35.5 Å². The lowest BCUT2D eigenvalue weighted by atomic mass is 9.91. The van der Waals surface area contributed by atoms with E-state index in [0.717, 1.165) is 12.1 Å². The fourth-order valence-electron chi connectivity index (χ4n) is 4.25. The van der Waals surface area contributed by atoms with E-state index in [1.807, 2.05) is 4.90 Å². The molecule has 5 rings (SSSR count). The zero-order valence-electron chi connectivity index (χ0n) is 13.9. The summed E-state index contributed by atoms with van der Waals surface area (Å²) >= 11 is 2.05. The number of aromatic nitrogens is 3.